The summed E-state index contributed by atoms with van der Waals surface area (Å²) in [7, 11) is 0. The van der Waals surface area contributed by atoms with E-state index in [-0.39, 0.29) is 11.9 Å². The number of ether oxygens (including phenoxy) is 1. The van der Waals surface area contributed by atoms with Crippen molar-refractivity contribution in [2.24, 2.45) is 5.73 Å². The molecule has 0 aliphatic heterocycles. The highest BCUT2D eigenvalue weighted by Crippen LogP contribution is 2.17. The molecule has 0 saturated carbocycles. The van der Waals surface area contributed by atoms with Gasteiger partial charge in [0, 0.05) is 18.5 Å². The molecular formula is C13H17FN2O. The number of hydrogen-bond donors (Lipinski definition) is 1. The van der Waals surface area contributed by atoms with Crippen LogP contribution >= 0.6 is 0 Å². The first-order chi connectivity index (χ1) is 8.11. The van der Waals surface area contributed by atoms with Crippen LogP contribution in [0.3, 0.4) is 0 Å². The Morgan fingerprint density at radius 1 is 1.47 bits per heavy atom. The monoisotopic (exact) mass is 236 g/mol. The van der Waals surface area contributed by atoms with Crippen LogP contribution in [0.25, 0.3) is 0 Å². The van der Waals surface area contributed by atoms with Gasteiger partial charge in [0.15, 0.2) is 0 Å². The highest BCUT2D eigenvalue weighted by atomic mass is 19.1. The van der Waals surface area contributed by atoms with E-state index < -0.39 is 0 Å². The lowest BCUT2D eigenvalue weighted by atomic mass is 10.1. The smallest absolute Gasteiger partial charge is 0.127 e. The molecule has 0 heterocycles. The van der Waals surface area contributed by atoms with Gasteiger partial charge in [-0.15, -0.1) is 0 Å². The molecule has 17 heavy (non-hydrogen) atoms. The summed E-state index contributed by atoms with van der Waals surface area (Å²) in [6.45, 7) is 2.30. The Bertz CT molecular complexity index is 399. The van der Waals surface area contributed by atoms with Crippen molar-refractivity contribution in [2.45, 2.75) is 32.2 Å². The van der Waals surface area contributed by atoms with Crippen molar-refractivity contribution >= 4 is 0 Å². The molecule has 92 valence electrons. The van der Waals surface area contributed by atoms with Crippen LogP contribution in [0.2, 0.25) is 0 Å². The topological polar surface area (TPSA) is 59.0 Å². The van der Waals surface area contributed by atoms with Crippen molar-refractivity contribution < 1.29 is 9.13 Å². The van der Waals surface area contributed by atoms with Gasteiger partial charge in [0.1, 0.15) is 11.6 Å². The Morgan fingerprint density at radius 2 is 2.24 bits per heavy atom. The molecule has 0 bridgehead atoms. The molecule has 1 rings (SSSR count). The van der Waals surface area contributed by atoms with Crippen molar-refractivity contribution in [1.29, 1.82) is 5.26 Å². The quantitative estimate of drug-likeness (QED) is 0.771. The number of nitrogens with zero attached hydrogens (tertiary/aromatic N) is 1. The number of unbranched alkanes of at least 4 members (excludes halogenated alkanes) is 1. The van der Waals surface area contributed by atoms with Crippen LogP contribution in [0.4, 0.5) is 4.39 Å². The van der Waals surface area contributed by atoms with E-state index in [0.717, 1.165) is 5.56 Å². The Hall–Kier alpha value is -1.60. The second kappa shape index (κ2) is 6.87. The molecule has 0 saturated heterocycles. The second-order valence-electron chi connectivity index (χ2n) is 4.09. The fourth-order valence-corrected chi connectivity index (χ4v) is 1.53. The van der Waals surface area contributed by atoms with Gasteiger partial charge in [-0.3, -0.25) is 0 Å². The Morgan fingerprint density at radius 3 is 2.88 bits per heavy atom. The predicted octanol–water partition coefficient (Wildman–Crippen LogP) is 2.40. The fraction of sp³-hybridized carbons (Fsp3) is 0.462. The molecule has 1 aromatic rings. The van der Waals surface area contributed by atoms with Gasteiger partial charge < -0.3 is 10.5 Å². The molecule has 4 heteroatoms. The van der Waals surface area contributed by atoms with E-state index in [2.05, 4.69) is 0 Å². The minimum Gasteiger partial charge on any atom is -0.493 e. The van der Waals surface area contributed by atoms with Gasteiger partial charge in [0.25, 0.3) is 0 Å². The lowest BCUT2D eigenvalue weighted by molar-refractivity contribution is 0.310. The number of nitrogens with two attached hydrogens (primary N) is 1. The fourth-order valence-electron chi connectivity index (χ4n) is 1.53. The normalized spacial score (nSPS) is 11.9. The molecule has 3 nitrogen and oxygen atoms in total. The molecule has 2 N–H and O–H groups in total. The Kier molecular flexibility index (Phi) is 5.44. The predicted molar refractivity (Wildman–Crippen MR) is 64.1 cm³/mol. The van der Waals surface area contributed by atoms with Gasteiger partial charge in [-0.25, -0.2) is 4.39 Å². The largest absolute Gasteiger partial charge is 0.493 e. The minimum absolute atomic E-state index is 0.0109. The van der Waals surface area contributed by atoms with E-state index in [9.17, 15) is 4.39 Å². The highest BCUT2D eigenvalue weighted by molar-refractivity contribution is 5.30. The van der Waals surface area contributed by atoms with E-state index in [4.69, 9.17) is 15.7 Å². The molecule has 1 atom stereocenters. The molecule has 1 unspecified atom stereocenters. The first-order valence-corrected chi connectivity index (χ1v) is 5.66. The molecule has 0 spiro atoms. The van der Waals surface area contributed by atoms with E-state index in [1.165, 1.54) is 12.1 Å². The maximum absolute atomic E-state index is 13.3. The van der Waals surface area contributed by atoms with E-state index in [1.807, 2.05) is 13.0 Å². The lowest BCUT2D eigenvalue weighted by Crippen LogP contribution is -2.17. The third kappa shape index (κ3) is 5.32. The number of hydrogen-bond acceptors (Lipinski definition) is 3. The van der Waals surface area contributed by atoms with Crippen molar-refractivity contribution in [1.82, 2.24) is 0 Å². The summed E-state index contributed by atoms with van der Waals surface area (Å²) in [5.41, 5.74) is 6.49. The van der Waals surface area contributed by atoms with E-state index in [1.54, 1.807) is 6.07 Å². The van der Waals surface area contributed by atoms with Gasteiger partial charge in [-0.2, -0.15) is 5.26 Å². The average molecular weight is 236 g/mol. The van der Waals surface area contributed by atoms with Gasteiger partial charge in [-0.05, 0) is 37.5 Å². The number of benzene rings is 1. The molecule has 0 aromatic heterocycles. The van der Waals surface area contributed by atoms with Crippen LogP contribution in [0, 0.1) is 17.1 Å². The van der Waals surface area contributed by atoms with Crippen LogP contribution < -0.4 is 10.5 Å². The van der Waals surface area contributed by atoms with E-state index in [0.29, 0.717) is 31.6 Å². The molecule has 0 aliphatic rings. The molecule has 0 amide bonds. The molecule has 1 aromatic carbocycles. The minimum atomic E-state index is -0.321. The third-order valence-electron chi connectivity index (χ3n) is 2.19. The summed E-state index contributed by atoms with van der Waals surface area (Å²) in [6.07, 6.45) is 1.71. The Labute approximate surface area is 101 Å². The molecule has 0 aliphatic carbocycles. The maximum Gasteiger partial charge on any atom is 0.127 e. The number of halogens is 1. The molecule has 0 radical (unpaired) electrons. The van der Waals surface area contributed by atoms with Gasteiger partial charge >= 0.3 is 0 Å². The van der Waals surface area contributed by atoms with Crippen LogP contribution in [0.15, 0.2) is 18.2 Å². The van der Waals surface area contributed by atoms with Crippen LogP contribution in [0.5, 0.6) is 5.75 Å². The molecular weight excluding hydrogens is 219 g/mol. The first-order valence-electron chi connectivity index (χ1n) is 5.66. The third-order valence-corrected chi connectivity index (χ3v) is 2.19. The van der Waals surface area contributed by atoms with Crippen molar-refractivity contribution in [3.63, 3.8) is 0 Å². The summed E-state index contributed by atoms with van der Waals surface area (Å²) in [5.74, 6) is 0.178. The standard InChI is InChI=1S/C13H17FN2O/c1-10(16)6-11-7-12(14)9-13(8-11)17-5-3-2-4-15/h7-10H,2-3,5-6,16H2,1H3. The zero-order valence-electron chi connectivity index (χ0n) is 9.95. The van der Waals surface area contributed by atoms with Crippen LogP contribution in [-0.4, -0.2) is 12.6 Å². The summed E-state index contributed by atoms with van der Waals surface area (Å²) in [6, 6.07) is 6.62. The zero-order chi connectivity index (χ0) is 12.7. The van der Waals surface area contributed by atoms with Gasteiger partial charge in [0.2, 0.25) is 0 Å². The van der Waals surface area contributed by atoms with Gasteiger partial charge in [0.05, 0.1) is 12.7 Å². The van der Waals surface area contributed by atoms with Crippen molar-refractivity contribution in [3.8, 4) is 11.8 Å². The summed E-state index contributed by atoms with van der Waals surface area (Å²) in [5, 5.41) is 8.37. The first kappa shape index (κ1) is 13.5. The zero-order valence-corrected chi connectivity index (χ0v) is 9.95. The second-order valence-corrected chi connectivity index (χ2v) is 4.09. The maximum atomic E-state index is 13.3. The number of rotatable bonds is 6. The average Bonchev–Trinajstić information content (AvgIpc) is 2.22. The SMILES string of the molecule is CC(N)Cc1cc(F)cc(OCCCC#N)c1. The molecule has 0 fully saturated rings. The summed E-state index contributed by atoms with van der Waals surface area (Å²) >= 11 is 0. The van der Waals surface area contributed by atoms with Gasteiger partial charge in [-0.1, -0.05) is 0 Å². The summed E-state index contributed by atoms with van der Waals surface area (Å²) in [4.78, 5) is 0. The van der Waals surface area contributed by atoms with E-state index >= 15 is 0 Å². The van der Waals surface area contributed by atoms with Crippen molar-refractivity contribution in [2.75, 3.05) is 6.61 Å². The number of nitriles is 1. The van der Waals surface area contributed by atoms with Crippen molar-refractivity contribution in [3.05, 3.63) is 29.6 Å². The lowest BCUT2D eigenvalue weighted by Gasteiger charge is -2.09. The van der Waals surface area contributed by atoms with Crippen LogP contribution in [0.1, 0.15) is 25.3 Å². The Balaban J connectivity index is 2.59. The summed E-state index contributed by atoms with van der Waals surface area (Å²) < 4.78 is 18.7. The van der Waals surface area contributed by atoms with Crippen LogP contribution in [-0.2, 0) is 6.42 Å². The highest BCUT2D eigenvalue weighted by Gasteiger charge is 2.04.